The largest absolute Gasteiger partial charge is 0.338 e. The number of allylic oxidation sites excluding steroid dienone is 1. The topological polar surface area (TPSA) is 26.9 Å². The summed E-state index contributed by atoms with van der Waals surface area (Å²) in [6, 6.07) is 70.7. The molecule has 0 bridgehead atoms. The highest BCUT2D eigenvalue weighted by Crippen LogP contribution is 2.59. The Morgan fingerprint density at radius 3 is 1.63 bits per heavy atom. The van der Waals surface area contributed by atoms with Crippen molar-refractivity contribution in [3.05, 3.63) is 233 Å². The molecule has 2 aliphatic rings. The fourth-order valence-electron chi connectivity index (χ4n) is 10.2. The second-order valence-electron chi connectivity index (χ2n) is 15.9. The lowest BCUT2D eigenvalue weighted by atomic mass is 9.79. The van der Waals surface area contributed by atoms with Gasteiger partial charge in [-0.25, -0.2) is 4.79 Å². The second-order valence-corrected chi connectivity index (χ2v) is 15.9. The van der Waals surface area contributed by atoms with Crippen molar-refractivity contribution in [2.75, 3.05) is 0 Å². The van der Waals surface area contributed by atoms with Crippen LogP contribution in [0.1, 0.15) is 29.0 Å². The number of benzene rings is 9. The number of aromatic nitrogens is 2. The number of hydrogen-bond acceptors (Lipinski definition) is 1. The number of hydrogen-bond donors (Lipinski definition) is 0. The zero-order valence-electron chi connectivity index (χ0n) is 32.8. The van der Waals surface area contributed by atoms with Gasteiger partial charge in [-0.2, -0.15) is 0 Å². The number of imidazole rings is 1. The summed E-state index contributed by atoms with van der Waals surface area (Å²) >= 11 is 0. The smallest absolute Gasteiger partial charge is 0.260 e. The minimum absolute atomic E-state index is 0.0962. The molecule has 0 radical (unpaired) electrons. The van der Waals surface area contributed by atoms with Gasteiger partial charge >= 0.3 is 5.69 Å². The Hall–Kier alpha value is -7.75. The fourth-order valence-corrected chi connectivity index (χ4v) is 10.2. The molecule has 3 nitrogen and oxygen atoms in total. The maximum Gasteiger partial charge on any atom is 0.338 e. The molecule has 10 aromatic rings. The van der Waals surface area contributed by atoms with Crippen LogP contribution in [-0.4, -0.2) is 9.13 Å². The van der Waals surface area contributed by atoms with Crippen molar-refractivity contribution >= 4 is 27.9 Å². The van der Waals surface area contributed by atoms with Gasteiger partial charge in [-0.3, -0.25) is 9.13 Å². The predicted octanol–water partition coefficient (Wildman–Crippen LogP) is 14.1. The first-order valence-electron chi connectivity index (χ1n) is 20.8. The Labute approximate surface area is 348 Å². The third-order valence-electron chi connectivity index (χ3n) is 12.7. The summed E-state index contributed by atoms with van der Waals surface area (Å²) in [6.07, 6.45) is 5.66. The predicted molar refractivity (Wildman–Crippen MR) is 249 cm³/mol. The Morgan fingerprint density at radius 2 is 0.950 bits per heavy atom. The Bertz CT molecular complexity index is 3390. The molecule has 1 heterocycles. The molecule has 0 spiro atoms. The Balaban J connectivity index is 1.00. The molecule has 3 heteroatoms. The lowest BCUT2D eigenvalue weighted by Crippen LogP contribution is -2.22. The molecule has 60 heavy (non-hydrogen) atoms. The monoisotopic (exact) mass is 766 g/mol. The summed E-state index contributed by atoms with van der Waals surface area (Å²) in [5.74, 6) is 0.224. The number of para-hydroxylation sites is 2. The molecule has 1 unspecified atom stereocenters. The van der Waals surface area contributed by atoms with Gasteiger partial charge in [0.2, 0.25) is 0 Å². The van der Waals surface area contributed by atoms with Gasteiger partial charge in [-0.05, 0) is 126 Å². The summed E-state index contributed by atoms with van der Waals surface area (Å²) in [6.45, 7) is 0. The van der Waals surface area contributed by atoms with Crippen LogP contribution in [-0.2, 0) is 0 Å². The summed E-state index contributed by atoms with van der Waals surface area (Å²) in [5.41, 5.74) is 19.8. The molecule has 2 aliphatic carbocycles. The molecule has 0 N–H and O–H groups in total. The number of nitrogens with zero attached hydrogens (tertiary/aromatic N) is 2. The highest BCUT2D eigenvalue weighted by Gasteiger charge is 2.38. The van der Waals surface area contributed by atoms with Crippen molar-refractivity contribution in [3.8, 4) is 67.0 Å². The van der Waals surface area contributed by atoms with E-state index in [1.807, 2.05) is 63.7 Å². The van der Waals surface area contributed by atoms with Crippen LogP contribution in [0.4, 0.5) is 0 Å². The molecule has 282 valence electrons. The SMILES string of the molecule is O=c1n(-c2ccc(-c3ccc4c5c3C=CCC5c3c-4c(-c4ccccc4)c4ccccc4c3-c3ccccc3)cc2)c2ccccc2n1-c1cccc(-c2ccccc2)c1. The first-order chi connectivity index (χ1) is 29.7. The number of rotatable bonds is 6. The van der Waals surface area contributed by atoms with Crippen LogP contribution in [0, 0.1) is 0 Å². The average Bonchev–Trinajstić information content (AvgIpc) is 3.81. The quantitative estimate of drug-likeness (QED) is 0.166. The summed E-state index contributed by atoms with van der Waals surface area (Å²) < 4.78 is 3.67. The lowest BCUT2D eigenvalue weighted by molar-refractivity contribution is 0.847. The van der Waals surface area contributed by atoms with E-state index in [9.17, 15) is 4.79 Å². The van der Waals surface area contributed by atoms with Crippen molar-refractivity contribution in [1.82, 2.24) is 9.13 Å². The minimum atomic E-state index is -0.0962. The van der Waals surface area contributed by atoms with Crippen LogP contribution < -0.4 is 5.69 Å². The lowest BCUT2D eigenvalue weighted by Gasteiger charge is -2.24. The standard InChI is InChI=1S/C57H38N2O/c60-57-58(50-28-12-13-29-51(50)59(57)43-23-14-22-41(36-43)37-16-4-1-5-17-37)42-32-30-38(31-33-42)44-34-35-49-54-45(44)26-15-27-48(54)55-52(39-18-6-2-7-19-39)46-24-10-11-25-47(46)53(56(49)55)40-20-8-3-9-21-40/h1-26,28-36,48H,27H2. The Kier molecular flexibility index (Phi) is 7.82. The Morgan fingerprint density at radius 1 is 0.400 bits per heavy atom. The van der Waals surface area contributed by atoms with E-state index in [2.05, 4.69) is 158 Å². The van der Waals surface area contributed by atoms with Gasteiger partial charge < -0.3 is 0 Å². The molecule has 0 aliphatic heterocycles. The summed E-state index contributed by atoms with van der Waals surface area (Å²) in [4.78, 5) is 14.5. The molecule has 1 aromatic heterocycles. The maximum atomic E-state index is 14.5. The normalized spacial score (nSPS) is 13.8. The van der Waals surface area contributed by atoms with Gasteiger partial charge in [0, 0.05) is 5.92 Å². The van der Waals surface area contributed by atoms with Gasteiger partial charge in [-0.15, -0.1) is 0 Å². The van der Waals surface area contributed by atoms with E-state index in [-0.39, 0.29) is 11.6 Å². The van der Waals surface area contributed by atoms with E-state index in [1.165, 1.54) is 66.4 Å². The zero-order chi connectivity index (χ0) is 39.7. The van der Waals surface area contributed by atoms with Crippen LogP contribution >= 0.6 is 0 Å². The number of fused-ring (bicyclic) bond motifs is 5. The average molecular weight is 767 g/mol. The molecular weight excluding hydrogens is 729 g/mol. The maximum absolute atomic E-state index is 14.5. The van der Waals surface area contributed by atoms with Gasteiger partial charge in [0.15, 0.2) is 0 Å². The van der Waals surface area contributed by atoms with Crippen molar-refractivity contribution in [2.24, 2.45) is 0 Å². The third kappa shape index (κ3) is 5.19. The first-order valence-corrected chi connectivity index (χ1v) is 20.8. The van der Waals surface area contributed by atoms with E-state index in [1.54, 1.807) is 0 Å². The zero-order valence-corrected chi connectivity index (χ0v) is 32.8. The van der Waals surface area contributed by atoms with Crippen molar-refractivity contribution in [3.63, 3.8) is 0 Å². The molecule has 9 aromatic carbocycles. The van der Waals surface area contributed by atoms with Crippen molar-refractivity contribution in [1.29, 1.82) is 0 Å². The second kappa shape index (κ2) is 13.7. The molecule has 12 rings (SSSR count). The molecule has 1 atom stereocenters. The van der Waals surface area contributed by atoms with Gasteiger partial charge in [0.1, 0.15) is 0 Å². The van der Waals surface area contributed by atoms with E-state index >= 15 is 0 Å². The van der Waals surface area contributed by atoms with Crippen LogP contribution in [0.2, 0.25) is 0 Å². The molecule has 0 saturated heterocycles. The molecule has 0 fully saturated rings. The van der Waals surface area contributed by atoms with Crippen molar-refractivity contribution < 1.29 is 0 Å². The highest BCUT2D eigenvalue weighted by atomic mass is 16.1. The summed E-state index contributed by atoms with van der Waals surface area (Å²) in [7, 11) is 0. The van der Waals surface area contributed by atoms with E-state index < -0.39 is 0 Å². The highest BCUT2D eigenvalue weighted by molar-refractivity contribution is 6.15. The van der Waals surface area contributed by atoms with Gasteiger partial charge in [0.25, 0.3) is 0 Å². The summed E-state index contributed by atoms with van der Waals surface area (Å²) in [5, 5.41) is 2.57. The van der Waals surface area contributed by atoms with Crippen LogP contribution in [0.3, 0.4) is 0 Å². The molecule has 0 amide bonds. The minimum Gasteiger partial charge on any atom is -0.260 e. The molecular formula is C57H38N2O. The van der Waals surface area contributed by atoms with Crippen LogP contribution in [0.5, 0.6) is 0 Å². The van der Waals surface area contributed by atoms with E-state index in [0.717, 1.165) is 45.5 Å². The first kappa shape index (κ1) is 34.3. The van der Waals surface area contributed by atoms with Crippen molar-refractivity contribution in [2.45, 2.75) is 12.3 Å². The van der Waals surface area contributed by atoms with Crippen LogP contribution in [0.15, 0.2) is 211 Å². The van der Waals surface area contributed by atoms with Crippen LogP contribution in [0.25, 0.3) is 94.9 Å². The van der Waals surface area contributed by atoms with Gasteiger partial charge in [0.05, 0.1) is 22.4 Å². The molecule has 0 saturated carbocycles. The van der Waals surface area contributed by atoms with E-state index in [0.29, 0.717) is 0 Å². The van der Waals surface area contributed by atoms with E-state index in [4.69, 9.17) is 0 Å². The van der Waals surface area contributed by atoms with Gasteiger partial charge in [-0.1, -0.05) is 176 Å². The fraction of sp³-hybridized carbons (Fsp3) is 0.0351. The third-order valence-corrected chi connectivity index (χ3v) is 12.7.